The summed E-state index contributed by atoms with van der Waals surface area (Å²) in [5.74, 6) is 0.242. The van der Waals surface area contributed by atoms with Crippen molar-refractivity contribution < 1.29 is 9.59 Å². The zero-order chi connectivity index (χ0) is 16.8. The van der Waals surface area contributed by atoms with Gasteiger partial charge in [-0.15, -0.1) is 0 Å². The van der Waals surface area contributed by atoms with E-state index in [9.17, 15) is 9.59 Å². The Bertz CT molecular complexity index is 728. The molecular weight excluding hydrogens is 286 g/mol. The number of ketones is 1. The van der Waals surface area contributed by atoms with E-state index >= 15 is 0 Å². The molecule has 0 aliphatic heterocycles. The summed E-state index contributed by atoms with van der Waals surface area (Å²) in [6, 6.07) is 15.1. The fourth-order valence-corrected chi connectivity index (χ4v) is 2.21. The third-order valence-electron chi connectivity index (χ3n) is 3.50. The molecule has 1 amide bonds. The van der Waals surface area contributed by atoms with E-state index in [0.29, 0.717) is 17.2 Å². The van der Waals surface area contributed by atoms with E-state index in [1.165, 1.54) is 12.5 Å². The average Bonchev–Trinajstić information content (AvgIpc) is 2.52. The quantitative estimate of drug-likeness (QED) is 0.645. The molecule has 2 aromatic rings. The number of benzene rings is 2. The third-order valence-corrected chi connectivity index (χ3v) is 3.50. The van der Waals surface area contributed by atoms with Crippen molar-refractivity contribution in [2.24, 2.45) is 0 Å². The molecule has 2 aromatic carbocycles. The summed E-state index contributed by atoms with van der Waals surface area (Å²) in [7, 11) is 0. The van der Waals surface area contributed by atoms with E-state index in [1.807, 2.05) is 12.1 Å². The van der Waals surface area contributed by atoms with E-state index in [0.717, 1.165) is 5.56 Å². The SMILES string of the molecule is CC(=O)Nc1cccc(C(=O)C=Cc2ccc(C(C)C)cc2)c1. The maximum Gasteiger partial charge on any atom is 0.221 e. The molecule has 0 bridgehead atoms. The monoisotopic (exact) mass is 307 g/mol. The molecule has 0 saturated heterocycles. The molecule has 0 saturated carbocycles. The van der Waals surface area contributed by atoms with Crippen LogP contribution in [0.4, 0.5) is 5.69 Å². The van der Waals surface area contributed by atoms with Crippen molar-refractivity contribution in [3.05, 3.63) is 71.3 Å². The van der Waals surface area contributed by atoms with E-state index in [4.69, 9.17) is 0 Å². The number of nitrogens with one attached hydrogen (secondary N) is 1. The number of hydrogen-bond donors (Lipinski definition) is 1. The number of anilines is 1. The van der Waals surface area contributed by atoms with Crippen LogP contribution < -0.4 is 5.32 Å². The first-order valence-corrected chi connectivity index (χ1v) is 7.66. The van der Waals surface area contributed by atoms with Crippen LogP contribution in [0.2, 0.25) is 0 Å². The minimum atomic E-state index is -0.157. The summed E-state index contributed by atoms with van der Waals surface area (Å²) < 4.78 is 0. The van der Waals surface area contributed by atoms with Crippen LogP contribution in [0, 0.1) is 0 Å². The molecule has 118 valence electrons. The van der Waals surface area contributed by atoms with Gasteiger partial charge in [0.05, 0.1) is 0 Å². The Morgan fingerprint density at radius 3 is 2.35 bits per heavy atom. The van der Waals surface area contributed by atoms with Gasteiger partial charge in [0.15, 0.2) is 5.78 Å². The average molecular weight is 307 g/mol. The van der Waals surface area contributed by atoms with Crippen LogP contribution >= 0.6 is 0 Å². The van der Waals surface area contributed by atoms with Gasteiger partial charge in [-0.2, -0.15) is 0 Å². The van der Waals surface area contributed by atoms with Crippen molar-refractivity contribution >= 4 is 23.5 Å². The van der Waals surface area contributed by atoms with Gasteiger partial charge in [-0.3, -0.25) is 9.59 Å². The van der Waals surface area contributed by atoms with Crippen molar-refractivity contribution in [2.45, 2.75) is 26.7 Å². The molecule has 0 atom stereocenters. The Morgan fingerprint density at radius 1 is 1.04 bits per heavy atom. The lowest BCUT2D eigenvalue weighted by molar-refractivity contribution is -0.114. The number of amides is 1. The van der Waals surface area contributed by atoms with E-state index in [2.05, 4.69) is 31.3 Å². The largest absolute Gasteiger partial charge is 0.326 e. The van der Waals surface area contributed by atoms with Gasteiger partial charge < -0.3 is 5.32 Å². The first kappa shape index (κ1) is 16.7. The molecule has 23 heavy (non-hydrogen) atoms. The highest BCUT2D eigenvalue weighted by Gasteiger charge is 2.04. The summed E-state index contributed by atoms with van der Waals surface area (Å²) in [6.45, 7) is 5.74. The smallest absolute Gasteiger partial charge is 0.221 e. The van der Waals surface area contributed by atoms with Crippen molar-refractivity contribution in [2.75, 3.05) is 5.32 Å². The highest BCUT2D eigenvalue weighted by Crippen LogP contribution is 2.16. The Morgan fingerprint density at radius 2 is 1.74 bits per heavy atom. The fourth-order valence-electron chi connectivity index (χ4n) is 2.21. The molecule has 0 fully saturated rings. The highest BCUT2D eigenvalue weighted by molar-refractivity contribution is 6.07. The van der Waals surface area contributed by atoms with Crippen LogP contribution in [0.15, 0.2) is 54.6 Å². The predicted molar refractivity (Wildman–Crippen MR) is 94.6 cm³/mol. The molecule has 1 N–H and O–H groups in total. The van der Waals surface area contributed by atoms with E-state index in [-0.39, 0.29) is 11.7 Å². The molecule has 0 aliphatic carbocycles. The second-order valence-electron chi connectivity index (χ2n) is 5.78. The van der Waals surface area contributed by atoms with Crippen LogP contribution in [0.25, 0.3) is 6.08 Å². The lowest BCUT2D eigenvalue weighted by Crippen LogP contribution is -2.06. The fraction of sp³-hybridized carbons (Fsp3) is 0.200. The summed E-state index contributed by atoms with van der Waals surface area (Å²) in [5, 5.41) is 2.68. The third kappa shape index (κ3) is 4.92. The molecule has 0 aromatic heterocycles. The minimum Gasteiger partial charge on any atom is -0.326 e. The maximum absolute atomic E-state index is 12.2. The van der Waals surface area contributed by atoms with Gasteiger partial charge in [-0.05, 0) is 35.3 Å². The Balaban J connectivity index is 2.10. The number of allylic oxidation sites excluding steroid dienone is 1. The first-order chi connectivity index (χ1) is 11.0. The van der Waals surface area contributed by atoms with E-state index < -0.39 is 0 Å². The van der Waals surface area contributed by atoms with Crippen LogP contribution in [0.5, 0.6) is 0 Å². The molecule has 0 unspecified atom stereocenters. The van der Waals surface area contributed by atoms with Gasteiger partial charge >= 0.3 is 0 Å². The van der Waals surface area contributed by atoms with Gasteiger partial charge in [-0.1, -0.05) is 56.3 Å². The molecular formula is C20H21NO2. The van der Waals surface area contributed by atoms with Gasteiger partial charge in [0.1, 0.15) is 0 Å². The van der Waals surface area contributed by atoms with Crippen molar-refractivity contribution in [1.29, 1.82) is 0 Å². The van der Waals surface area contributed by atoms with E-state index in [1.54, 1.807) is 36.4 Å². The summed E-state index contributed by atoms with van der Waals surface area (Å²) in [5.41, 5.74) is 3.43. The predicted octanol–water partition coefficient (Wildman–Crippen LogP) is 4.66. The number of carbonyl (C=O) groups excluding carboxylic acids is 2. The van der Waals surface area contributed by atoms with Crippen molar-refractivity contribution in [3.63, 3.8) is 0 Å². The van der Waals surface area contributed by atoms with Gasteiger partial charge in [0.25, 0.3) is 0 Å². The van der Waals surface area contributed by atoms with Crippen LogP contribution in [-0.4, -0.2) is 11.7 Å². The molecule has 2 rings (SSSR count). The number of hydrogen-bond acceptors (Lipinski definition) is 2. The zero-order valence-corrected chi connectivity index (χ0v) is 13.7. The normalized spacial score (nSPS) is 11.0. The Hall–Kier alpha value is -2.68. The highest BCUT2D eigenvalue weighted by atomic mass is 16.1. The van der Waals surface area contributed by atoms with Crippen LogP contribution in [0.1, 0.15) is 48.2 Å². The van der Waals surface area contributed by atoms with Gasteiger partial charge in [-0.25, -0.2) is 0 Å². The second kappa shape index (κ2) is 7.54. The molecule has 3 heteroatoms. The topological polar surface area (TPSA) is 46.2 Å². The Kier molecular flexibility index (Phi) is 5.47. The first-order valence-electron chi connectivity index (χ1n) is 7.66. The molecule has 0 radical (unpaired) electrons. The zero-order valence-electron chi connectivity index (χ0n) is 13.7. The minimum absolute atomic E-state index is 0.0925. The lowest BCUT2D eigenvalue weighted by Gasteiger charge is -2.05. The summed E-state index contributed by atoms with van der Waals surface area (Å²) >= 11 is 0. The van der Waals surface area contributed by atoms with Crippen LogP contribution in [-0.2, 0) is 4.79 Å². The van der Waals surface area contributed by atoms with Crippen LogP contribution in [0.3, 0.4) is 0 Å². The molecule has 3 nitrogen and oxygen atoms in total. The molecule has 0 spiro atoms. The van der Waals surface area contributed by atoms with Crippen molar-refractivity contribution in [1.82, 2.24) is 0 Å². The maximum atomic E-state index is 12.2. The Labute approximate surface area is 137 Å². The molecule has 0 heterocycles. The number of carbonyl (C=O) groups is 2. The summed E-state index contributed by atoms with van der Waals surface area (Å²) in [4.78, 5) is 23.3. The number of rotatable bonds is 5. The van der Waals surface area contributed by atoms with Crippen molar-refractivity contribution in [3.8, 4) is 0 Å². The lowest BCUT2D eigenvalue weighted by atomic mass is 10.0. The second-order valence-corrected chi connectivity index (χ2v) is 5.78. The molecule has 0 aliphatic rings. The van der Waals surface area contributed by atoms with Gasteiger partial charge in [0, 0.05) is 18.2 Å². The summed E-state index contributed by atoms with van der Waals surface area (Å²) in [6.07, 6.45) is 3.36. The van der Waals surface area contributed by atoms with Gasteiger partial charge in [0.2, 0.25) is 5.91 Å². The standard InChI is InChI=1S/C20H21NO2/c1-14(2)17-10-7-16(8-11-17)9-12-20(23)18-5-4-6-19(13-18)21-15(3)22/h4-14H,1-3H3,(H,21,22).